The topological polar surface area (TPSA) is 61.8 Å². The van der Waals surface area contributed by atoms with E-state index in [4.69, 9.17) is 14.2 Å². The average molecular weight is 537 g/mol. The maximum Gasteiger partial charge on any atom is 0.338 e. The lowest BCUT2D eigenvalue weighted by Gasteiger charge is -2.57. The Bertz CT molecular complexity index is 1390. The summed E-state index contributed by atoms with van der Waals surface area (Å²) in [4.78, 5) is 25.9. The molecule has 3 aromatic carbocycles. The van der Waals surface area contributed by atoms with Gasteiger partial charge in [-0.05, 0) is 104 Å². The van der Waals surface area contributed by atoms with E-state index in [-0.39, 0.29) is 29.7 Å². The van der Waals surface area contributed by atoms with Gasteiger partial charge in [-0.1, -0.05) is 42.5 Å². The molecule has 3 aromatic rings. The summed E-state index contributed by atoms with van der Waals surface area (Å²) >= 11 is 0. The molecule has 5 heteroatoms. The van der Waals surface area contributed by atoms with E-state index >= 15 is 0 Å². The van der Waals surface area contributed by atoms with Crippen LogP contribution in [0.2, 0.25) is 0 Å². The molecule has 8 rings (SSSR count). The number of carbonyl (C=O) groups is 2. The number of hydrogen-bond donors (Lipinski definition) is 0. The number of carbonyl (C=O) groups excluding carboxylic acids is 2. The van der Waals surface area contributed by atoms with Crippen LogP contribution < -0.4 is 9.47 Å². The molecule has 1 aliphatic heterocycles. The predicted octanol–water partition coefficient (Wildman–Crippen LogP) is 7.62. The molecule has 1 unspecified atom stereocenters. The Kier molecular flexibility index (Phi) is 6.41. The zero-order chi connectivity index (χ0) is 27.3. The van der Waals surface area contributed by atoms with Crippen LogP contribution in [0.5, 0.6) is 11.5 Å². The molecule has 5 nitrogen and oxygen atoms in total. The van der Waals surface area contributed by atoms with Crippen molar-refractivity contribution >= 4 is 11.8 Å². The highest BCUT2D eigenvalue weighted by Crippen LogP contribution is 2.63. The molecule has 0 spiro atoms. The van der Waals surface area contributed by atoms with Crippen molar-refractivity contribution in [3.05, 3.63) is 94.5 Å². The minimum absolute atomic E-state index is 0.0425. The number of benzene rings is 3. The van der Waals surface area contributed by atoms with Crippen molar-refractivity contribution in [3.63, 3.8) is 0 Å². The number of ketones is 1. The van der Waals surface area contributed by atoms with Crippen molar-refractivity contribution in [2.24, 2.45) is 17.8 Å². The van der Waals surface area contributed by atoms with E-state index in [1.165, 1.54) is 44.1 Å². The maximum absolute atomic E-state index is 13.7. The molecule has 40 heavy (non-hydrogen) atoms. The number of Topliss-reactive ketones (excluding diaryl/α,β-unsaturated/α-hetero) is 1. The number of hydrogen-bond acceptors (Lipinski definition) is 5. The molecule has 0 aromatic heterocycles. The van der Waals surface area contributed by atoms with Gasteiger partial charge in [0.2, 0.25) is 0 Å². The maximum atomic E-state index is 13.7. The van der Waals surface area contributed by atoms with Gasteiger partial charge in [0, 0.05) is 5.56 Å². The van der Waals surface area contributed by atoms with Crippen LogP contribution in [0, 0.1) is 17.8 Å². The van der Waals surface area contributed by atoms with Crippen LogP contribution in [0.4, 0.5) is 0 Å². The van der Waals surface area contributed by atoms with Crippen LogP contribution >= 0.6 is 0 Å². The largest absolute Gasteiger partial charge is 0.489 e. The fourth-order valence-corrected chi connectivity index (χ4v) is 8.29. The first-order valence-corrected chi connectivity index (χ1v) is 14.8. The zero-order valence-electron chi connectivity index (χ0n) is 23.1. The zero-order valence-corrected chi connectivity index (χ0v) is 23.1. The Balaban J connectivity index is 1.25. The van der Waals surface area contributed by atoms with Crippen LogP contribution in [0.3, 0.4) is 0 Å². The fourth-order valence-electron chi connectivity index (χ4n) is 8.29. The average Bonchev–Trinajstić information content (AvgIpc) is 2.96. The smallest absolute Gasteiger partial charge is 0.338 e. The molecular weight excluding hydrogens is 500 g/mol. The first-order chi connectivity index (χ1) is 19.5. The monoisotopic (exact) mass is 536 g/mol. The summed E-state index contributed by atoms with van der Waals surface area (Å²) in [5.74, 6) is 3.54. The van der Waals surface area contributed by atoms with Crippen molar-refractivity contribution in [1.82, 2.24) is 0 Å². The molecule has 4 fully saturated rings. The van der Waals surface area contributed by atoms with E-state index in [1.54, 1.807) is 19.1 Å². The van der Waals surface area contributed by atoms with Crippen LogP contribution in [0.15, 0.2) is 66.7 Å². The minimum Gasteiger partial charge on any atom is -0.489 e. The number of ether oxygens (including phenoxy) is 3. The number of esters is 1. The number of rotatable bonds is 7. The van der Waals surface area contributed by atoms with Crippen molar-refractivity contribution in [3.8, 4) is 11.5 Å². The van der Waals surface area contributed by atoms with Crippen LogP contribution in [0.25, 0.3) is 0 Å². The summed E-state index contributed by atoms with van der Waals surface area (Å²) in [7, 11) is 0. The SMILES string of the molecule is CCOC(=O)c1ccc(C2CC(=O)c3cc(OCc4ccccc4)cc(C45CC6CC(CC(C6)C4)C5)c3O2)cc1. The van der Waals surface area contributed by atoms with Gasteiger partial charge in [0.1, 0.15) is 24.2 Å². The molecule has 1 atom stereocenters. The first-order valence-electron chi connectivity index (χ1n) is 14.8. The Hall–Kier alpha value is -3.60. The van der Waals surface area contributed by atoms with E-state index in [2.05, 4.69) is 18.2 Å². The van der Waals surface area contributed by atoms with Gasteiger partial charge < -0.3 is 14.2 Å². The Morgan fingerprint density at radius 3 is 2.25 bits per heavy atom. The Morgan fingerprint density at radius 1 is 0.925 bits per heavy atom. The van der Waals surface area contributed by atoms with E-state index in [1.807, 2.05) is 36.4 Å². The second-order valence-electron chi connectivity index (χ2n) is 12.4. The van der Waals surface area contributed by atoms with E-state index in [9.17, 15) is 9.59 Å². The summed E-state index contributed by atoms with van der Waals surface area (Å²) in [6.07, 6.45) is 7.43. The molecule has 4 bridgehead atoms. The lowest BCUT2D eigenvalue weighted by atomic mass is 9.48. The highest BCUT2D eigenvalue weighted by Gasteiger charge is 2.53. The Labute approximate surface area is 235 Å². The van der Waals surface area contributed by atoms with Crippen molar-refractivity contribution in [2.45, 2.75) is 70.0 Å². The minimum atomic E-state index is -0.389. The van der Waals surface area contributed by atoms with E-state index in [0.29, 0.717) is 24.3 Å². The second kappa shape index (κ2) is 10.1. The third-order valence-corrected chi connectivity index (χ3v) is 9.65. The van der Waals surface area contributed by atoms with Crippen LogP contribution in [-0.2, 0) is 16.8 Å². The van der Waals surface area contributed by atoms with Gasteiger partial charge in [0.15, 0.2) is 5.78 Å². The van der Waals surface area contributed by atoms with Gasteiger partial charge in [-0.2, -0.15) is 0 Å². The number of fused-ring (bicyclic) bond motifs is 1. The summed E-state index contributed by atoms with van der Waals surface area (Å²) in [6.45, 7) is 2.59. The molecule has 0 saturated heterocycles. The first kappa shape index (κ1) is 25.4. The quantitative estimate of drug-likeness (QED) is 0.291. The summed E-state index contributed by atoms with van der Waals surface area (Å²) in [6, 6.07) is 21.5. The second-order valence-corrected chi connectivity index (χ2v) is 12.4. The van der Waals surface area contributed by atoms with Gasteiger partial charge in [-0.15, -0.1) is 0 Å². The molecule has 1 heterocycles. The van der Waals surface area contributed by atoms with Gasteiger partial charge in [-0.25, -0.2) is 4.79 Å². The van der Waals surface area contributed by atoms with E-state index in [0.717, 1.165) is 40.4 Å². The van der Waals surface area contributed by atoms with Gasteiger partial charge in [0.05, 0.1) is 24.2 Å². The Morgan fingerprint density at radius 2 is 1.60 bits per heavy atom. The van der Waals surface area contributed by atoms with Crippen LogP contribution in [-0.4, -0.2) is 18.4 Å². The van der Waals surface area contributed by atoms with E-state index < -0.39 is 0 Å². The molecule has 206 valence electrons. The molecule has 5 aliphatic rings. The lowest BCUT2D eigenvalue weighted by molar-refractivity contribution is -0.00735. The predicted molar refractivity (Wildman–Crippen MR) is 152 cm³/mol. The highest BCUT2D eigenvalue weighted by atomic mass is 16.5. The van der Waals surface area contributed by atoms with Crippen molar-refractivity contribution in [1.29, 1.82) is 0 Å². The molecular formula is C35H36O5. The fraction of sp³-hybridized carbons (Fsp3) is 0.429. The highest BCUT2D eigenvalue weighted by molar-refractivity contribution is 6.01. The normalized spacial score (nSPS) is 28.1. The van der Waals surface area contributed by atoms with Crippen molar-refractivity contribution < 1.29 is 23.8 Å². The third-order valence-electron chi connectivity index (χ3n) is 9.65. The molecule has 0 radical (unpaired) electrons. The summed E-state index contributed by atoms with van der Waals surface area (Å²) in [5, 5.41) is 0. The molecule has 0 amide bonds. The van der Waals surface area contributed by atoms with Gasteiger partial charge in [0.25, 0.3) is 0 Å². The lowest BCUT2D eigenvalue weighted by Crippen LogP contribution is -2.49. The third kappa shape index (κ3) is 4.59. The molecule has 0 N–H and O–H groups in total. The van der Waals surface area contributed by atoms with Crippen molar-refractivity contribution in [2.75, 3.05) is 6.61 Å². The standard InChI is InChI=1S/C35H36O5/c1-2-38-34(37)27-10-8-26(9-11-27)32-17-31(36)29-15-28(39-21-22-6-4-3-5-7-22)16-30(33(29)40-32)35-18-23-12-24(19-35)14-25(13-23)20-35/h3-11,15-16,23-25,32H,2,12-14,17-21H2,1H3. The summed E-state index contributed by atoms with van der Waals surface area (Å²) < 4.78 is 18.2. The summed E-state index contributed by atoms with van der Waals surface area (Å²) in [5.41, 5.74) is 4.37. The van der Waals surface area contributed by atoms with Gasteiger partial charge in [-0.3, -0.25) is 4.79 Å². The molecule has 4 saturated carbocycles. The van der Waals surface area contributed by atoms with Crippen LogP contribution in [0.1, 0.15) is 95.4 Å². The van der Waals surface area contributed by atoms with Gasteiger partial charge >= 0.3 is 5.97 Å². The molecule has 4 aliphatic carbocycles.